The second kappa shape index (κ2) is 1.55. The Labute approximate surface area is 60.2 Å². The van der Waals surface area contributed by atoms with E-state index in [1.54, 1.807) is 0 Å². The number of rotatable bonds is 2. The van der Waals surface area contributed by atoms with Crippen molar-refractivity contribution in [3.63, 3.8) is 0 Å². The summed E-state index contributed by atoms with van der Waals surface area (Å²) in [4.78, 5) is 10.8. The van der Waals surface area contributed by atoms with Crippen LogP contribution in [0.2, 0.25) is 0 Å². The molecule has 0 radical (unpaired) electrons. The van der Waals surface area contributed by atoms with Crippen molar-refractivity contribution in [3.8, 4) is 0 Å². The number of hydrogen-bond acceptors (Lipinski definition) is 1. The van der Waals surface area contributed by atoms with Gasteiger partial charge in [-0.2, -0.15) is 0 Å². The van der Waals surface area contributed by atoms with E-state index in [0.717, 1.165) is 19.3 Å². The van der Waals surface area contributed by atoms with Crippen molar-refractivity contribution < 1.29 is 9.90 Å². The van der Waals surface area contributed by atoms with Crippen molar-refractivity contribution >= 4 is 5.97 Å². The quantitative estimate of drug-likeness (QED) is 0.631. The number of carboxylic acid groups (broad SMARTS) is 1. The second-order valence-electron chi connectivity index (χ2n) is 3.72. The Morgan fingerprint density at radius 1 is 1.60 bits per heavy atom. The molecule has 0 spiro atoms. The van der Waals surface area contributed by atoms with Crippen LogP contribution in [0.3, 0.4) is 0 Å². The highest BCUT2D eigenvalue weighted by molar-refractivity contribution is 5.79. The van der Waals surface area contributed by atoms with Gasteiger partial charge in [0.1, 0.15) is 0 Å². The van der Waals surface area contributed by atoms with E-state index in [1.807, 2.05) is 6.92 Å². The first kappa shape index (κ1) is 6.20. The molecule has 0 aromatic rings. The molecule has 2 nitrogen and oxygen atoms in total. The highest BCUT2D eigenvalue weighted by Gasteiger charge is 2.65. The summed E-state index contributed by atoms with van der Waals surface area (Å²) >= 11 is 0. The van der Waals surface area contributed by atoms with Gasteiger partial charge in [0.05, 0.1) is 5.41 Å². The molecule has 10 heavy (non-hydrogen) atoms. The van der Waals surface area contributed by atoms with Gasteiger partial charge >= 0.3 is 5.97 Å². The molecule has 2 aliphatic rings. The van der Waals surface area contributed by atoms with Crippen molar-refractivity contribution in [2.45, 2.75) is 26.2 Å². The molecular formula is C8H12O2. The Balaban J connectivity index is 2.16. The van der Waals surface area contributed by atoms with E-state index in [0.29, 0.717) is 11.8 Å². The standard InChI is InChI=1S/C8H12O2/c1-5-4-8(5,7(9)10)6-2-3-6/h5-6H,2-4H2,1H3,(H,9,10). The van der Waals surface area contributed by atoms with Gasteiger partial charge in [0.15, 0.2) is 0 Å². The van der Waals surface area contributed by atoms with Crippen LogP contribution in [0.1, 0.15) is 26.2 Å². The summed E-state index contributed by atoms with van der Waals surface area (Å²) < 4.78 is 0. The first-order valence-electron chi connectivity index (χ1n) is 3.91. The van der Waals surface area contributed by atoms with Crippen LogP contribution in [0.4, 0.5) is 0 Å². The molecule has 56 valence electrons. The molecular weight excluding hydrogens is 128 g/mol. The third-order valence-corrected chi connectivity index (χ3v) is 3.07. The Bertz CT molecular complexity index is 184. The molecule has 0 amide bonds. The summed E-state index contributed by atoms with van der Waals surface area (Å²) in [5.41, 5.74) is -0.264. The first-order chi connectivity index (χ1) is 4.68. The van der Waals surface area contributed by atoms with E-state index >= 15 is 0 Å². The van der Waals surface area contributed by atoms with Gasteiger partial charge in [-0.15, -0.1) is 0 Å². The van der Waals surface area contributed by atoms with Crippen LogP contribution in [0.25, 0.3) is 0 Å². The zero-order chi connectivity index (χ0) is 7.35. The van der Waals surface area contributed by atoms with Crippen molar-refractivity contribution in [2.75, 3.05) is 0 Å². The molecule has 0 heterocycles. The van der Waals surface area contributed by atoms with Gasteiger partial charge in [0.25, 0.3) is 0 Å². The van der Waals surface area contributed by atoms with E-state index < -0.39 is 5.97 Å². The predicted molar refractivity (Wildman–Crippen MR) is 36.6 cm³/mol. The molecule has 2 saturated carbocycles. The normalized spacial score (nSPS) is 45.1. The van der Waals surface area contributed by atoms with Crippen LogP contribution in [0.15, 0.2) is 0 Å². The zero-order valence-electron chi connectivity index (χ0n) is 6.13. The average molecular weight is 140 g/mol. The lowest BCUT2D eigenvalue weighted by molar-refractivity contribution is -0.144. The number of carboxylic acids is 1. The summed E-state index contributed by atoms with van der Waals surface area (Å²) in [6, 6.07) is 0. The van der Waals surface area contributed by atoms with Crippen LogP contribution in [0, 0.1) is 17.3 Å². The van der Waals surface area contributed by atoms with Crippen LogP contribution in [-0.4, -0.2) is 11.1 Å². The van der Waals surface area contributed by atoms with Crippen molar-refractivity contribution in [1.29, 1.82) is 0 Å². The topological polar surface area (TPSA) is 37.3 Å². The number of carbonyl (C=O) groups is 1. The third-order valence-electron chi connectivity index (χ3n) is 3.07. The fraction of sp³-hybridized carbons (Fsp3) is 0.875. The summed E-state index contributed by atoms with van der Waals surface area (Å²) in [6.07, 6.45) is 3.22. The van der Waals surface area contributed by atoms with Gasteiger partial charge in [-0.25, -0.2) is 0 Å². The third kappa shape index (κ3) is 0.568. The van der Waals surface area contributed by atoms with Gasteiger partial charge in [0, 0.05) is 0 Å². The maximum atomic E-state index is 10.8. The highest BCUT2D eigenvalue weighted by Crippen LogP contribution is 2.65. The molecule has 0 aliphatic heterocycles. The molecule has 2 fully saturated rings. The monoisotopic (exact) mass is 140 g/mol. The van der Waals surface area contributed by atoms with Crippen LogP contribution in [0.5, 0.6) is 0 Å². The summed E-state index contributed by atoms with van der Waals surface area (Å²) in [6.45, 7) is 2.05. The van der Waals surface area contributed by atoms with Crippen molar-refractivity contribution in [2.24, 2.45) is 17.3 Å². The largest absolute Gasteiger partial charge is 0.481 e. The van der Waals surface area contributed by atoms with E-state index in [9.17, 15) is 4.79 Å². The molecule has 2 unspecified atom stereocenters. The SMILES string of the molecule is CC1CC1(C(=O)O)C1CC1. The maximum absolute atomic E-state index is 10.8. The molecule has 0 saturated heterocycles. The lowest BCUT2D eigenvalue weighted by Crippen LogP contribution is -2.19. The first-order valence-corrected chi connectivity index (χ1v) is 3.91. The van der Waals surface area contributed by atoms with Gasteiger partial charge in [0.2, 0.25) is 0 Å². The van der Waals surface area contributed by atoms with Gasteiger partial charge < -0.3 is 5.11 Å². The molecule has 0 aromatic heterocycles. The molecule has 2 atom stereocenters. The molecule has 0 bridgehead atoms. The highest BCUT2D eigenvalue weighted by atomic mass is 16.4. The van der Waals surface area contributed by atoms with E-state index in [1.165, 1.54) is 0 Å². The number of aliphatic carboxylic acids is 1. The molecule has 2 heteroatoms. The van der Waals surface area contributed by atoms with Crippen molar-refractivity contribution in [3.05, 3.63) is 0 Å². The van der Waals surface area contributed by atoms with Crippen LogP contribution in [-0.2, 0) is 4.79 Å². The minimum atomic E-state index is -0.553. The summed E-state index contributed by atoms with van der Waals surface area (Å²) in [7, 11) is 0. The van der Waals surface area contributed by atoms with E-state index in [2.05, 4.69) is 0 Å². The Morgan fingerprint density at radius 3 is 2.20 bits per heavy atom. The summed E-state index contributed by atoms with van der Waals surface area (Å²) in [5.74, 6) is 0.417. The van der Waals surface area contributed by atoms with Crippen molar-refractivity contribution in [1.82, 2.24) is 0 Å². The van der Waals surface area contributed by atoms with E-state index in [4.69, 9.17) is 5.11 Å². The summed E-state index contributed by atoms with van der Waals surface area (Å²) in [5, 5.41) is 8.88. The average Bonchev–Trinajstić information content (AvgIpc) is 2.55. The fourth-order valence-corrected chi connectivity index (χ4v) is 2.09. The maximum Gasteiger partial charge on any atom is 0.310 e. The van der Waals surface area contributed by atoms with Crippen LogP contribution >= 0.6 is 0 Å². The van der Waals surface area contributed by atoms with E-state index in [-0.39, 0.29) is 5.41 Å². The Hall–Kier alpha value is -0.530. The molecule has 0 aromatic carbocycles. The smallest absolute Gasteiger partial charge is 0.310 e. The Kier molecular flexibility index (Phi) is 0.960. The van der Waals surface area contributed by atoms with Gasteiger partial charge in [-0.05, 0) is 31.1 Å². The molecule has 1 N–H and O–H groups in total. The lowest BCUT2D eigenvalue weighted by atomic mass is 9.98. The second-order valence-corrected chi connectivity index (χ2v) is 3.72. The van der Waals surface area contributed by atoms with Gasteiger partial charge in [-0.1, -0.05) is 6.92 Å². The van der Waals surface area contributed by atoms with Crippen LogP contribution < -0.4 is 0 Å². The Morgan fingerprint density at radius 2 is 2.10 bits per heavy atom. The fourth-order valence-electron chi connectivity index (χ4n) is 2.09. The number of hydrogen-bond donors (Lipinski definition) is 1. The predicted octanol–water partition coefficient (Wildman–Crippen LogP) is 1.51. The molecule has 2 aliphatic carbocycles. The lowest BCUT2D eigenvalue weighted by Gasteiger charge is -2.07. The van der Waals surface area contributed by atoms with Gasteiger partial charge in [-0.3, -0.25) is 4.79 Å². The zero-order valence-corrected chi connectivity index (χ0v) is 6.13. The molecule has 2 rings (SSSR count). The minimum absolute atomic E-state index is 0.264. The minimum Gasteiger partial charge on any atom is -0.481 e.